The lowest BCUT2D eigenvalue weighted by Crippen LogP contribution is -2.48. The van der Waals surface area contributed by atoms with Crippen molar-refractivity contribution in [2.24, 2.45) is 0 Å². The minimum Gasteiger partial charge on any atom is -0.449 e. The molecule has 0 radical (unpaired) electrons. The molecule has 0 aliphatic carbocycles. The van der Waals surface area contributed by atoms with Gasteiger partial charge in [0, 0.05) is 19.5 Å². The number of ether oxygens (including phenoxy) is 1. The van der Waals surface area contributed by atoms with Crippen LogP contribution in [0.1, 0.15) is 36.1 Å². The van der Waals surface area contributed by atoms with E-state index in [4.69, 9.17) is 4.74 Å². The van der Waals surface area contributed by atoms with Gasteiger partial charge in [0.25, 0.3) is 5.91 Å². The third-order valence-electron chi connectivity index (χ3n) is 5.44. The molecule has 3 N–H and O–H groups in total. The zero-order valence-corrected chi connectivity index (χ0v) is 20.3. The Kier molecular flexibility index (Phi) is 11.2. The van der Waals surface area contributed by atoms with Crippen molar-refractivity contribution in [3.63, 3.8) is 0 Å². The van der Waals surface area contributed by atoms with Gasteiger partial charge >= 0.3 is 13.2 Å². The molecule has 2 amide bonds. The number of nitrogens with one attached hydrogen (secondary N) is 1. The number of benzene rings is 2. The number of alkyl carbamates (subject to hydrolysis) is 1. The van der Waals surface area contributed by atoms with Crippen molar-refractivity contribution in [2.75, 3.05) is 19.7 Å². The SMILES string of the molecule is CCN(CC)C(=O)C(C#N)=Cc1cc(C#N)cc(CCOC(=O)N[C@@H](Cc2ccccc2)B(O)O)c1. The number of rotatable bonds is 11. The second kappa shape index (κ2) is 14.3. The van der Waals surface area contributed by atoms with Crippen LogP contribution in [0, 0.1) is 22.7 Å². The minimum atomic E-state index is -1.77. The van der Waals surface area contributed by atoms with Crippen LogP contribution in [0.4, 0.5) is 4.79 Å². The van der Waals surface area contributed by atoms with Crippen molar-refractivity contribution in [1.82, 2.24) is 10.2 Å². The molecule has 0 aliphatic heterocycles. The molecule has 0 bridgehead atoms. The van der Waals surface area contributed by atoms with Crippen molar-refractivity contribution in [3.05, 3.63) is 76.4 Å². The highest BCUT2D eigenvalue weighted by Gasteiger charge is 2.26. The van der Waals surface area contributed by atoms with E-state index in [0.29, 0.717) is 29.8 Å². The molecule has 1 atom stereocenters. The lowest BCUT2D eigenvalue weighted by molar-refractivity contribution is -0.126. The van der Waals surface area contributed by atoms with Gasteiger partial charge in [0.1, 0.15) is 11.6 Å². The molecule has 0 aliphatic rings. The van der Waals surface area contributed by atoms with Gasteiger partial charge in [0.2, 0.25) is 0 Å². The molecule has 2 aromatic carbocycles. The van der Waals surface area contributed by atoms with Gasteiger partial charge in [-0.15, -0.1) is 0 Å². The number of hydrogen-bond donors (Lipinski definition) is 3. The third kappa shape index (κ3) is 8.59. The summed E-state index contributed by atoms with van der Waals surface area (Å²) in [4.78, 5) is 26.3. The molecular formula is C26H29BN4O5. The molecule has 9 nitrogen and oxygen atoms in total. The van der Waals surface area contributed by atoms with Gasteiger partial charge < -0.3 is 25.0 Å². The van der Waals surface area contributed by atoms with Crippen LogP contribution in [0.3, 0.4) is 0 Å². The van der Waals surface area contributed by atoms with Gasteiger partial charge in [0.05, 0.1) is 24.2 Å². The zero-order valence-electron chi connectivity index (χ0n) is 20.3. The van der Waals surface area contributed by atoms with Crippen molar-refractivity contribution in [3.8, 4) is 12.1 Å². The molecule has 0 aromatic heterocycles. The maximum absolute atomic E-state index is 12.5. The van der Waals surface area contributed by atoms with Gasteiger partial charge in [-0.2, -0.15) is 10.5 Å². The Morgan fingerprint density at radius 2 is 1.81 bits per heavy atom. The lowest BCUT2D eigenvalue weighted by Gasteiger charge is -2.18. The van der Waals surface area contributed by atoms with Gasteiger partial charge in [-0.3, -0.25) is 4.79 Å². The van der Waals surface area contributed by atoms with Crippen LogP contribution in [-0.2, 0) is 22.4 Å². The van der Waals surface area contributed by atoms with E-state index in [1.165, 1.54) is 11.0 Å². The maximum Gasteiger partial charge on any atom is 0.475 e. The van der Waals surface area contributed by atoms with Crippen LogP contribution < -0.4 is 5.32 Å². The minimum absolute atomic E-state index is 0.0348. The standard InChI is InChI=1S/C26H29BN4O5/c1-3-31(4-2)25(32)23(18-29)15-21-12-20(13-22(14-21)17-28)10-11-36-26(33)30-24(27(34)35)16-19-8-6-5-7-9-19/h5-9,12-15,24,34-35H,3-4,10-11,16H2,1-2H3,(H,30,33)/t24-/m0/s1. The summed E-state index contributed by atoms with van der Waals surface area (Å²) in [5, 5.41) is 40.5. The van der Waals surface area contributed by atoms with Gasteiger partial charge in [-0.05, 0) is 55.2 Å². The summed E-state index contributed by atoms with van der Waals surface area (Å²) in [5.74, 6) is -1.34. The van der Waals surface area contributed by atoms with E-state index in [-0.39, 0.29) is 30.9 Å². The summed E-state index contributed by atoms with van der Waals surface area (Å²) in [7, 11) is -1.77. The first-order chi connectivity index (χ1) is 17.3. The fourth-order valence-corrected chi connectivity index (χ4v) is 3.55. The molecule has 10 heteroatoms. The average Bonchev–Trinajstić information content (AvgIpc) is 2.87. The van der Waals surface area contributed by atoms with E-state index in [9.17, 15) is 30.2 Å². The quantitative estimate of drug-likeness (QED) is 0.250. The number of carbonyl (C=O) groups is 2. The molecule has 0 heterocycles. The summed E-state index contributed by atoms with van der Waals surface area (Å²) in [5.41, 5.74) is 2.30. The maximum atomic E-state index is 12.5. The highest BCUT2D eigenvalue weighted by Crippen LogP contribution is 2.16. The van der Waals surface area contributed by atoms with Crippen LogP contribution >= 0.6 is 0 Å². The average molecular weight is 488 g/mol. The fraction of sp³-hybridized carbons (Fsp3) is 0.308. The van der Waals surface area contributed by atoms with Crippen molar-refractivity contribution < 1.29 is 24.4 Å². The molecule has 36 heavy (non-hydrogen) atoms. The number of nitriles is 2. The van der Waals surface area contributed by atoms with E-state index in [1.54, 1.807) is 18.2 Å². The highest BCUT2D eigenvalue weighted by molar-refractivity contribution is 6.43. The Labute approximate surface area is 211 Å². The molecule has 2 aromatic rings. The normalized spacial score (nSPS) is 11.6. The molecule has 2 rings (SSSR count). The second-order valence-corrected chi connectivity index (χ2v) is 7.96. The Hall–Kier alpha value is -4.12. The number of likely N-dealkylation sites (N-methyl/N-ethyl adjacent to an activating group) is 1. The van der Waals surface area contributed by atoms with Crippen LogP contribution in [0.5, 0.6) is 0 Å². The molecule has 0 fully saturated rings. The van der Waals surface area contributed by atoms with Gasteiger partial charge in [-0.1, -0.05) is 36.4 Å². The Bertz CT molecular complexity index is 1150. The Morgan fingerprint density at radius 1 is 1.11 bits per heavy atom. The van der Waals surface area contributed by atoms with E-state index >= 15 is 0 Å². The second-order valence-electron chi connectivity index (χ2n) is 7.96. The molecular weight excluding hydrogens is 459 g/mol. The number of amides is 2. The van der Waals surface area contributed by atoms with Gasteiger partial charge in [0.15, 0.2) is 0 Å². The van der Waals surface area contributed by atoms with Crippen molar-refractivity contribution in [2.45, 2.75) is 32.6 Å². The summed E-state index contributed by atoms with van der Waals surface area (Å²) < 4.78 is 5.20. The predicted octanol–water partition coefficient (Wildman–Crippen LogP) is 2.23. The Balaban J connectivity index is 2.05. The van der Waals surface area contributed by atoms with Crippen molar-refractivity contribution >= 4 is 25.2 Å². The topological polar surface area (TPSA) is 147 Å². The van der Waals surface area contributed by atoms with E-state index in [2.05, 4.69) is 11.4 Å². The van der Waals surface area contributed by atoms with Gasteiger partial charge in [-0.25, -0.2) is 4.79 Å². The first-order valence-corrected chi connectivity index (χ1v) is 11.6. The third-order valence-corrected chi connectivity index (χ3v) is 5.44. The first-order valence-electron chi connectivity index (χ1n) is 11.6. The highest BCUT2D eigenvalue weighted by atomic mass is 16.5. The lowest BCUT2D eigenvalue weighted by atomic mass is 9.76. The Morgan fingerprint density at radius 3 is 2.39 bits per heavy atom. The summed E-state index contributed by atoms with van der Waals surface area (Å²) in [6.45, 7) is 4.55. The molecule has 0 saturated carbocycles. The molecule has 0 saturated heterocycles. The van der Waals surface area contributed by atoms with E-state index in [1.807, 2.05) is 50.2 Å². The monoisotopic (exact) mass is 488 g/mol. The summed E-state index contributed by atoms with van der Waals surface area (Å²) in [6.07, 6.45) is 1.11. The first kappa shape index (κ1) is 28.1. The van der Waals surface area contributed by atoms with E-state index < -0.39 is 19.2 Å². The summed E-state index contributed by atoms with van der Waals surface area (Å²) in [6, 6.07) is 18.0. The number of hydrogen-bond acceptors (Lipinski definition) is 7. The van der Waals surface area contributed by atoms with Crippen LogP contribution in [0.25, 0.3) is 6.08 Å². The number of carbonyl (C=O) groups excluding carboxylic acids is 2. The van der Waals surface area contributed by atoms with E-state index in [0.717, 1.165) is 5.56 Å². The van der Waals surface area contributed by atoms with Crippen LogP contribution in [0.15, 0.2) is 54.1 Å². The summed E-state index contributed by atoms with van der Waals surface area (Å²) >= 11 is 0. The fourth-order valence-electron chi connectivity index (χ4n) is 3.55. The molecule has 0 spiro atoms. The molecule has 0 unspecified atom stereocenters. The number of nitrogens with zero attached hydrogens (tertiary/aromatic N) is 3. The predicted molar refractivity (Wildman–Crippen MR) is 135 cm³/mol. The van der Waals surface area contributed by atoms with Crippen LogP contribution in [0.2, 0.25) is 0 Å². The van der Waals surface area contributed by atoms with Crippen molar-refractivity contribution in [1.29, 1.82) is 10.5 Å². The zero-order chi connectivity index (χ0) is 26.5. The smallest absolute Gasteiger partial charge is 0.449 e. The van der Waals surface area contributed by atoms with Crippen LogP contribution in [-0.4, -0.2) is 59.7 Å². The molecule has 186 valence electrons. The largest absolute Gasteiger partial charge is 0.475 e.